The van der Waals surface area contributed by atoms with Crippen molar-refractivity contribution in [1.82, 2.24) is 0 Å². The van der Waals surface area contributed by atoms with Crippen molar-refractivity contribution in [3.05, 3.63) is 169 Å². The van der Waals surface area contributed by atoms with Crippen LogP contribution in [0.2, 0.25) is 0 Å². The number of para-hydroxylation sites is 2. The Labute approximate surface area is 247 Å². The normalized spacial score (nSPS) is 11.1. The topological polar surface area (TPSA) is 6.48 Å². The molecule has 0 aliphatic heterocycles. The maximum atomic E-state index is 2.36. The first-order valence-electron chi connectivity index (χ1n) is 14.4. The van der Waals surface area contributed by atoms with Crippen LogP contribution < -0.4 is 9.80 Å². The maximum Gasteiger partial charge on any atom is 0.0540 e. The van der Waals surface area contributed by atoms with Crippen LogP contribution in [0.1, 0.15) is 11.1 Å². The highest BCUT2D eigenvalue weighted by Crippen LogP contribution is 2.42. The molecule has 7 rings (SSSR count). The number of hydrogen-bond donors (Lipinski definition) is 0. The van der Waals surface area contributed by atoms with Crippen molar-refractivity contribution in [3.63, 3.8) is 0 Å². The van der Waals surface area contributed by atoms with E-state index >= 15 is 0 Å². The summed E-state index contributed by atoms with van der Waals surface area (Å²) in [5.41, 5.74) is 9.33. The van der Waals surface area contributed by atoms with Crippen LogP contribution >= 0.6 is 0 Å². The Kier molecular flexibility index (Phi) is 6.65. The van der Waals surface area contributed by atoms with Crippen LogP contribution in [0, 0.1) is 13.8 Å². The van der Waals surface area contributed by atoms with Gasteiger partial charge >= 0.3 is 0 Å². The molecule has 0 spiro atoms. The fourth-order valence-corrected chi connectivity index (χ4v) is 5.92. The predicted octanol–water partition coefficient (Wildman–Crippen LogP) is 11.5. The number of nitrogens with zero attached hydrogens (tertiary/aromatic N) is 2. The molecular formula is C40H32N2. The minimum absolute atomic E-state index is 1.11. The van der Waals surface area contributed by atoms with Gasteiger partial charge in [-0.3, -0.25) is 0 Å². The summed E-state index contributed by atoms with van der Waals surface area (Å²) in [6.07, 6.45) is 0. The number of rotatable bonds is 6. The molecule has 0 radical (unpaired) electrons. The van der Waals surface area contributed by atoms with Crippen molar-refractivity contribution in [2.75, 3.05) is 9.80 Å². The Morgan fingerprint density at radius 1 is 0.333 bits per heavy atom. The highest BCUT2D eigenvalue weighted by molar-refractivity contribution is 6.01. The zero-order valence-corrected chi connectivity index (χ0v) is 23.9. The van der Waals surface area contributed by atoms with E-state index in [0.29, 0.717) is 0 Å². The van der Waals surface area contributed by atoms with Crippen molar-refractivity contribution in [1.29, 1.82) is 0 Å². The molecule has 0 heterocycles. The van der Waals surface area contributed by atoms with E-state index in [1.807, 2.05) is 0 Å². The third kappa shape index (κ3) is 4.78. The Bertz CT molecular complexity index is 1850. The monoisotopic (exact) mass is 540 g/mol. The van der Waals surface area contributed by atoms with E-state index in [-0.39, 0.29) is 0 Å². The van der Waals surface area contributed by atoms with Gasteiger partial charge in [-0.25, -0.2) is 0 Å². The number of anilines is 6. The summed E-state index contributed by atoms with van der Waals surface area (Å²) < 4.78 is 0. The quantitative estimate of drug-likeness (QED) is 0.207. The third-order valence-corrected chi connectivity index (χ3v) is 7.90. The molecule has 7 aromatic carbocycles. The van der Waals surface area contributed by atoms with E-state index in [9.17, 15) is 0 Å². The van der Waals surface area contributed by atoms with Gasteiger partial charge in [0.2, 0.25) is 0 Å². The molecule has 42 heavy (non-hydrogen) atoms. The number of aryl methyl sites for hydroxylation is 2. The molecule has 0 fully saturated rings. The van der Waals surface area contributed by atoms with E-state index in [1.165, 1.54) is 32.7 Å². The van der Waals surface area contributed by atoms with Gasteiger partial charge in [-0.2, -0.15) is 0 Å². The minimum Gasteiger partial charge on any atom is -0.310 e. The number of benzene rings is 7. The van der Waals surface area contributed by atoms with Gasteiger partial charge in [0.05, 0.1) is 11.4 Å². The van der Waals surface area contributed by atoms with Gasteiger partial charge in [-0.1, -0.05) is 108 Å². The number of hydrogen-bond acceptors (Lipinski definition) is 2. The standard InChI is InChI=1S/C40H32N2/c1-29-19-25-37-31(27-29)11-9-17-39(37)41(33-13-5-3-6-14-33)35-21-23-36(24-22-35)42(34-15-7-4-8-16-34)40-18-10-12-32-28-30(2)20-26-38(32)40/h3-28H,1-2H3. The summed E-state index contributed by atoms with van der Waals surface area (Å²) in [6, 6.07) is 56.7. The Morgan fingerprint density at radius 2 is 0.714 bits per heavy atom. The lowest BCUT2D eigenvalue weighted by atomic mass is 10.0. The molecule has 0 amide bonds. The Morgan fingerprint density at radius 3 is 1.12 bits per heavy atom. The van der Waals surface area contributed by atoms with Gasteiger partial charge in [0.1, 0.15) is 0 Å². The Balaban J connectivity index is 1.38. The van der Waals surface area contributed by atoms with Crippen LogP contribution in [-0.4, -0.2) is 0 Å². The van der Waals surface area contributed by atoms with E-state index in [0.717, 1.165) is 34.1 Å². The summed E-state index contributed by atoms with van der Waals surface area (Å²) in [5.74, 6) is 0. The van der Waals surface area contributed by atoms with Crippen molar-refractivity contribution < 1.29 is 0 Å². The van der Waals surface area contributed by atoms with Gasteiger partial charge in [0, 0.05) is 33.5 Å². The first-order valence-corrected chi connectivity index (χ1v) is 14.4. The number of fused-ring (bicyclic) bond motifs is 2. The van der Waals surface area contributed by atoms with Gasteiger partial charge in [-0.05, 0) is 85.3 Å². The van der Waals surface area contributed by atoms with Crippen molar-refractivity contribution in [3.8, 4) is 0 Å². The van der Waals surface area contributed by atoms with Gasteiger partial charge in [-0.15, -0.1) is 0 Å². The first-order chi connectivity index (χ1) is 20.7. The molecule has 0 saturated heterocycles. The molecule has 0 aromatic heterocycles. The summed E-state index contributed by atoms with van der Waals surface area (Å²) in [5, 5.41) is 4.94. The highest BCUT2D eigenvalue weighted by atomic mass is 15.2. The van der Waals surface area contributed by atoms with Gasteiger partial charge in [0.15, 0.2) is 0 Å². The minimum atomic E-state index is 1.11. The second-order valence-electron chi connectivity index (χ2n) is 10.9. The fourth-order valence-electron chi connectivity index (χ4n) is 5.92. The highest BCUT2D eigenvalue weighted by Gasteiger charge is 2.18. The lowest BCUT2D eigenvalue weighted by Gasteiger charge is -2.29. The lowest BCUT2D eigenvalue weighted by Crippen LogP contribution is -2.12. The summed E-state index contributed by atoms with van der Waals surface area (Å²) in [6.45, 7) is 4.30. The predicted molar refractivity (Wildman–Crippen MR) is 180 cm³/mol. The first kappa shape index (κ1) is 25.6. The van der Waals surface area contributed by atoms with E-state index in [4.69, 9.17) is 0 Å². The molecule has 0 saturated carbocycles. The van der Waals surface area contributed by atoms with Crippen LogP contribution in [0.15, 0.2) is 158 Å². The third-order valence-electron chi connectivity index (χ3n) is 7.90. The zero-order valence-electron chi connectivity index (χ0n) is 23.9. The van der Waals surface area contributed by atoms with E-state index in [2.05, 4.69) is 181 Å². The van der Waals surface area contributed by atoms with E-state index in [1.54, 1.807) is 0 Å². The maximum absolute atomic E-state index is 2.36. The van der Waals surface area contributed by atoms with Crippen molar-refractivity contribution in [2.24, 2.45) is 0 Å². The van der Waals surface area contributed by atoms with E-state index < -0.39 is 0 Å². The van der Waals surface area contributed by atoms with Gasteiger partial charge < -0.3 is 9.80 Å². The molecule has 0 aliphatic carbocycles. The average Bonchev–Trinajstić information content (AvgIpc) is 3.03. The zero-order chi connectivity index (χ0) is 28.5. The molecule has 2 nitrogen and oxygen atoms in total. The fraction of sp³-hybridized carbons (Fsp3) is 0.0500. The molecule has 2 heteroatoms. The summed E-state index contributed by atoms with van der Waals surface area (Å²) >= 11 is 0. The molecule has 0 bridgehead atoms. The molecule has 0 atom stereocenters. The van der Waals surface area contributed by atoms with Gasteiger partial charge in [0.25, 0.3) is 0 Å². The van der Waals surface area contributed by atoms with Crippen molar-refractivity contribution >= 4 is 55.7 Å². The Hall–Kier alpha value is -5.34. The largest absolute Gasteiger partial charge is 0.310 e. The van der Waals surface area contributed by atoms with Crippen LogP contribution in [0.4, 0.5) is 34.1 Å². The second kappa shape index (κ2) is 10.9. The average molecular weight is 541 g/mol. The second-order valence-corrected chi connectivity index (χ2v) is 10.9. The molecule has 0 N–H and O–H groups in total. The molecule has 0 aliphatic rings. The SMILES string of the molecule is Cc1ccc2c(N(c3ccccc3)c3ccc(N(c4ccccc4)c4cccc5cc(C)ccc45)cc3)cccc2c1. The van der Waals surface area contributed by atoms with Crippen LogP contribution in [0.3, 0.4) is 0 Å². The molecular weight excluding hydrogens is 508 g/mol. The smallest absolute Gasteiger partial charge is 0.0540 e. The van der Waals surface area contributed by atoms with Crippen LogP contribution in [0.25, 0.3) is 21.5 Å². The molecule has 202 valence electrons. The summed E-state index contributed by atoms with van der Waals surface area (Å²) in [4.78, 5) is 4.71. The molecule has 0 unspecified atom stereocenters. The van der Waals surface area contributed by atoms with Crippen LogP contribution in [-0.2, 0) is 0 Å². The lowest BCUT2D eigenvalue weighted by molar-refractivity contribution is 1.27. The van der Waals surface area contributed by atoms with Crippen LogP contribution in [0.5, 0.6) is 0 Å². The molecule has 7 aromatic rings. The summed E-state index contributed by atoms with van der Waals surface area (Å²) in [7, 11) is 0. The van der Waals surface area contributed by atoms with Crippen molar-refractivity contribution in [2.45, 2.75) is 13.8 Å².